The summed E-state index contributed by atoms with van der Waals surface area (Å²) < 4.78 is 18.2. The lowest BCUT2D eigenvalue weighted by atomic mass is 10.0. The van der Waals surface area contributed by atoms with Crippen LogP contribution in [0.3, 0.4) is 0 Å². The van der Waals surface area contributed by atoms with Crippen molar-refractivity contribution in [2.45, 2.75) is 5.67 Å². The maximum Gasteiger partial charge on any atom is 0.270 e. The summed E-state index contributed by atoms with van der Waals surface area (Å²) in [5.74, 6) is 4.88. The summed E-state index contributed by atoms with van der Waals surface area (Å²) in [6, 6.07) is 3.86. The summed E-state index contributed by atoms with van der Waals surface area (Å²) in [7, 11) is 0. The normalized spacial score (nSPS) is 16.6. The van der Waals surface area contributed by atoms with Crippen molar-refractivity contribution in [2.75, 3.05) is 13.2 Å². The lowest BCUT2D eigenvalue weighted by molar-refractivity contribution is -0.384. The first-order valence-electron chi connectivity index (χ1n) is 4.74. The maximum absolute atomic E-state index is 13.5. The van der Waals surface area contributed by atoms with E-state index in [1.807, 2.05) is 0 Å². The number of rotatable bonds is 1. The van der Waals surface area contributed by atoms with E-state index in [0.717, 1.165) is 0 Å². The monoisotopic (exact) mass is 255 g/mol. The Kier molecular flexibility index (Phi) is 3.01. The van der Waals surface area contributed by atoms with Crippen molar-refractivity contribution in [1.29, 1.82) is 0 Å². The van der Waals surface area contributed by atoms with Crippen LogP contribution in [0.25, 0.3) is 0 Å². The third kappa shape index (κ3) is 2.54. The van der Waals surface area contributed by atoms with Crippen LogP contribution in [0, 0.1) is 22.0 Å². The van der Waals surface area contributed by atoms with Gasteiger partial charge in [-0.3, -0.25) is 10.1 Å². The van der Waals surface area contributed by atoms with Crippen LogP contribution in [0.5, 0.6) is 0 Å². The molecular weight excluding hydrogens is 249 g/mol. The van der Waals surface area contributed by atoms with E-state index in [2.05, 4.69) is 11.8 Å². The first-order chi connectivity index (χ1) is 8.00. The van der Waals surface area contributed by atoms with Gasteiger partial charge in [0, 0.05) is 12.1 Å². The lowest BCUT2D eigenvalue weighted by Gasteiger charge is -2.28. The van der Waals surface area contributed by atoms with E-state index in [-0.39, 0.29) is 29.5 Å². The standard InChI is InChI=1S/C11H7ClFNO3/c12-10-2-1-9(14(15)16)5-8(10)3-4-11(13)6-17-7-11/h1-2,5H,6-7H2. The Bertz CT molecular complexity index is 531. The fraction of sp³-hybridized carbons (Fsp3) is 0.273. The van der Waals surface area contributed by atoms with Crippen LogP contribution in [0.2, 0.25) is 5.02 Å². The smallest absolute Gasteiger partial charge is 0.270 e. The first-order valence-corrected chi connectivity index (χ1v) is 5.12. The second-order valence-electron chi connectivity index (χ2n) is 3.63. The number of nitro benzene ring substituents is 1. The highest BCUT2D eigenvalue weighted by Crippen LogP contribution is 2.23. The van der Waals surface area contributed by atoms with E-state index in [0.29, 0.717) is 0 Å². The van der Waals surface area contributed by atoms with Crippen molar-refractivity contribution in [3.63, 3.8) is 0 Å². The predicted molar refractivity (Wildman–Crippen MR) is 59.6 cm³/mol. The van der Waals surface area contributed by atoms with E-state index in [1.165, 1.54) is 18.2 Å². The highest BCUT2D eigenvalue weighted by atomic mass is 35.5. The predicted octanol–water partition coefficient (Wildman–Crippen LogP) is 2.34. The highest BCUT2D eigenvalue weighted by Gasteiger charge is 2.36. The van der Waals surface area contributed by atoms with Gasteiger partial charge < -0.3 is 4.74 Å². The Morgan fingerprint density at radius 2 is 2.24 bits per heavy atom. The van der Waals surface area contributed by atoms with E-state index >= 15 is 0 Å². The Labute approximate surface area is 101 Å². The molecule has 4 nitrogen and oxygen atoms in total. The van der Waals surface area contributed by atoms with Gasteiger partial charge in [-0.1, -0.05) is 23.4 Å². The minimum atomic E-state index is -1.66. The molecule has 1 fully saturated rings. The van der Waals surface area contributed by atoms with Crippen molar-refractivity contribution in [3.05, 3.63) is 38.9 Å². The molecule has 0 aliphatic carbocycles. The summed E-state index contributed by atoms with van der Waals surface area (Å²) in [6.07, 6.45) is 0. The van der Waals surface area contributed by atoms with Gasteiger partial charge in [0.05, 0.1) is 28.7 Å². The van der Waals surface area contributed by atoms with Gasteiger partial charge in [-0.15, -0.1) is 0 Å². The molecular formula is C11H7ClFNO3. The van der Waals surface area contributed by atoms with Crippen molar-refractivity contribution < 1.29 is 14.1 Å². The molecule has 0 radical (unpaired) electrons. The van der Waals surface area contributed by atoms with Gasteiger partial charge in [-0.2, -0.15) is 0 Å². The number of ether oxygens (including phenoxy) is 1. The van der Waals surface area contributed by atoms with Gasteiger partial charge in [0.2, 0.25) is 5.67 Å². The Balaban J connectivity index is 2.31. The zero-order valence-corrected chi connectivity index (χ0v) is 9.33. The molecule has 0 unspecified atom stereocenters. The average Bonchev–Trinajstić information content (AvgIpc) is 2.25. The van der Waals surface area contributed by atoms with E-state index in [1.54, 1.807) is 0 Å². The van der Waals surface area contributed by atoms with E-state index in [9.17, 15) is 14.5 Å². The second-order valence-corrected chi connectivity index (χ2v) is 4.04. The fourth-order valence-electron chi connectivity index (χ4n) is 1.26. The topological polar surface area (TPSA) is 52.4 Å². The van der Waals surface area contributed by atoms with Crippen molar-refractivity contribution in [3.8, 4) is 11.8 Å². The van der Waals surface area contributed by atoms with E-state index in [4.69, 9.17) is 16.3 Å². The number of hydrogen-bond acceptors (Lipinski definition) is 3. The third-order valence-corrected chi connectivity index (χ3v) is 2.57. The second kappa shape index (κ2) is 4.32. The molecule has 1 aromatic rings. The number of halogens is 2. The molecule has 1 saturated heterocycles. The lowest BCUT2D eigenvalue weighted by Crippen LogP contribution is -2.44. The fourth-order valence-corrected chi connectivity index (χ4v) is 1.42. The van der Waals surface area contributed by atoms with Gasteiger partial charge in [0.1, 0.15) is 0 Å². The van der Waals surface area contributed by atoms with Crippen molar-refractivity contribution >= 4 is 17.3 Å². The quantitative estimate of drug-likeness (QED) is 0.440. The Morgan fingerprint density at radius 3 is 2.76 bits per heavy atom. The molecule has 1 aliphatic rings. The molecule has 17 heavy (non-hydrogen) atoms. The van der Waals surface area contributed by atoms with Gasteiger partial charge in [-0.25, -0.2) is 4.39 Å². The SMILES string of the molecule is O=[N+]([O-])c1ccc(Cl)c(C#CC2(F)COC2)c1. The van der Waals surface area contributed by atoms with Crippen LogP contribution in [-0.2, 0) is 4.74 Å². The molecule has 0 atom stereocenters. The summed E-state index contributed by atoms with van der Waals surface area (Å²) in [5, 5.41) is 10.8. The average molecular weight is 256 g/mol. The van der Waals surface area contributed by atoms with Crippen LogP contribution in [0.4, 0.5) is 10.1 Å². The molecule has 0 aromatic heterocycles. The number of nitrogens with zero attached hydrogens (tertiary/aromatic N) is 1. The van der Waals surface area contributed by atoms with Crippen LogP contribution < -0.4 is 0 Å². The molecule has 0 amide bonds. The molecule has 0 bridgehead atoms. The molecule has 6 heteroatoms. The summed E-state index contributed by atoms with van der Waals surface area (Å²) in [4.78, 5) is 10.00. The minimum Gasteiger partial charge on any atom is -0.372 e. The van der Waals surface area contributed by atoms with Crippen molar-refractivity contribution in [2.24, 2.45) is 0 Å². The highest BCUT2D eigenvalue weighted by molar-refractivity contribution is 6.31. The Hall–Kier alpha value is -1.64. The first kappa shape index (κ1) is 11.8. The molecule has 0 spiro atoms. The molecule has 2 rings (SSSR count). The van der Waals surface area contributed by atoms with Crippen molar-refractivity contribution in [1.82, 2.24) is 0 Å². The summed E-state index contributed by atoms with van der Waals surface area (Å²) in [6.45, 7) is -0.154. The van der Waals surface area contributed by atoms with Gasteiger partial charge >= 0.3 is 0 Å². The number of hydrogen-bond donors (Lipinski definition) is 0. The molecule has 0 saturated carbocycles. The largest absolute Gasteiger partial charge is 0.372 e. The zero-order chi connectivity index (χ0) is 12.5. The third-order valence-electron chi connectivity index (χ3n) is 2.24. The molecule has 0 N–H and O–H groups in total. The minimum absolute atomic E-state index is 0.0768. The van der Waals surface area contributed by atoms with Gasteiger partial charge in [-0.05, 0) is 6.07 Å². The van der Waals surface area contributed by atoms with Crippen LogP contribution in [0.1, 0.15) is 5.56 Å². The molecule has 1 aromatic carbocycles. The van der Waals surface area contributed by atoms with Crippen LogP contribution in [0.15, 0.2) is 18.2 Å². The summed E-state index contributed by atoms with van der Waals surface area (Å²) in [5.41, 5.74) is -1.55. The Morgan fingerprint density at radius 1 is 1.53 bits per heavy atom. The van der Waals surface area contributed by atoms with Gasteiger partial charge in [0.25, 0.3) is 5.69 Å². The molecule has 1 aliphatic heterocycles. The molecule has 88 valence electrons. The van der Waals surface area contributed by atoms with Crippen LogP contribution in [-0.4, -0.2) is 23.8 Å². The molecule has 1 heterocycles. The number of nitro groups is 1. The number of non-ortho nitro benzene ring substituents is 1. The zero-order valence-electron chi connectivity index (χ0n) is 8.57. The summed E-state index contributed by atoms with van der Waals surface area (Å²) >= 11 is 5.81. The number of benzene rings is 1. The maximum atomic E-state index is 13.5. The number of alkyl halides is 1. The van der Waals surface area contributed by atoms with E-state index < -0.39 is 10.6 Å². The van der Waals surface area contributed by atoms with Gasteiger partial charge in [0.15, 0.2) is 0 Å². The van der Waals surface area contributed by atoms with Crippen LogP contribution >= 0.6 is 11.6 Å².